The maximum Gasteiger partial charge on any atom is 0.194 e. The molecular formula is C16H12BrIO3. The molecule has 5 heteroatoms. The molecule has 0 spiro atoms. The van der Waals surface area contributed by atoms with Crippen molar-refractivity contribution >= 4 is 44.3 Å². The first kappa shape index (κ1) is 14.8. The molecule has 2 aromatic carbocycles. The van der Waals surface area contributed by atoms with Gasteiger partial charge in [-0.15, -0.1) is 0 Å². The highest BCUT2D eigenvalue weighted by Crippen LogP contribution is 2.31. The Hall–Kier alpha value is -1.08. The van der Waals surface area contributed by atoms with E-state index in [-0.39, 0.29) is 5.78 Å². The second kappa shape index (κ2) is 6.36. The molecule has 0 unspecified atom stereocenters. The number of ketones is 1. The Morgan fingerprint density at radius 3 is 2.62 bits per heavy atom. The highest BCUT2D eigenvalue weighted by molar-refractivity contribution is 14.1. The molecule has 3 rings (SSSR count). The summed E-state index contributed by atoms with van der Waals surface area (Å²) in [5.41, 5.74) is 1.29. The molecule has 0 saturated carbocycles. The van der Waals surface area contributed by atoms with E-state index in [1.807, 2.05) is 18.2 Å². The second-order valence-electron chi connectivity index (χ2n) is 4.67. The number of hydrogen-bond donors (Lipinski definition) is 0. The van der Waals surface area contributed by atoms with Crippen LogP contribution in [0.5, 0.6) is 11.5 Å². The van der Waals surface area contributed by atoms with E-state index in [0.717, 1.165) is 14.5 Å². The van der Waals surface area contributed by atoms with Crippen molar-refractivity contribution in [1.82, 2.24) is 0 Å². The zero-order chi connectivity index (χ0) is 14.8. The summed E-state index contributed by atoms with van der Waals surface area (Å²) < 4.78 is 13.0. The van der Waals surface area contributed by atoms with Gasteiger partial charge in [0.1, 0.15) is 0 Å². The zero-order valence-corrected chi connectivity index (χ0v) is 14.8. The average Bonchev–Trinajstić information content (AvgIpc) is 2.73. The highest BCUT2D eigenvalue weighted by Gasteiger charge is 2.17. The summed E-state index contributed by atoms with van der Waals surface area (Å²) in [6.07, 6.45) is 0.849. The number of carbonyl (C=O) groups is 1. The van der Waals surface area contributed by atoms with E-state index in [0.29, 0.717) is 35.8 Å². The monoisotopic (exact) mass is 458 g/mol. The molecule has 0 saturated heterocycles. The molecule has 2 aromatic rings. The van der Waals surface area contributed by atoms with Gasteiger partial charge in [-0.05, 0) is 59.0 Å². The third kappa shape index (κ3) is 3.23. The van der Waals surface area contributed by atoms with Crippen LogP contribution in [0.3, 0.4) is 0 Å². The van der Waals surface area contributed by atoms with Crippen molar-refractivity contribution in [3.05, 3.63) is 55.6 Å². The van der Waals surface area contributed by atoms with Crippen molar-refractivity contribution in [1.29, 1.82) is 0 Å². The molecule has 0 fully saturated rings. The van der Waals surface area contributed by atoms with Crippen LogP contribution < -0.4 is 9.47 Å². The van der Waals surface area contributed by atoms with Gasteiger partial charge in [-0.3, -0.25) is 4.79 Å². The number of benzene rings is 2. The molecule has 0 aliphatic carbocycles. The summed E-state index contributed by atoms with van der Waals surface area (Å²) >= 11 is 5.58. The van der Waals surface area contributed by atoms with E-state index in [1.54, 1.807) is 18.2 Å². The van der Waals surface area contributed by atoms with Gasteiger partial charge in [0.25, 0.3) is 0 Å². The molecular weight excluding hydrogens is 447 g/mol. The number of carbonyl (C=O) groups excluding carboxylic acids is 1. The summed E-state index contributed by atoms with van der Waals surface area (Å²) in [7, 11) is 0. The number of rotatable bonds is 2. The van der Waals surface area contributed by atoms with Gasteiger partial charge in [0.05, 0.1) is 13.2 Å². The van der Waals surface area contributed by atoms with Crippen molar-refractivity contribution in [2.45, 2.75) is 6.42 Å². The average molecular weight is 459 g/mol. The summed E-state index contributed by atoms with van der Waals surface area (Å²) in [5.74, 6) is 1.33. The molecule has 0 aromatic heterocycles. The van der Waals surface area contributed by atoms with Crippen LogP contribution >= 0.6 is 38.5 Å². The number of ether oxygens (including phenoxy) is 2. The summed E-state index contributed by atoms with van der Waals surface area (Å²) in [6, 6.07) is 11.0. The lowest BCUT2D eigenvalue weighted by molar-refractivity contribution is 0.103. The summed E-state index contributed by atoms with van der Waals surface area (Å²) in [6.45, 7) is 1.25. The molecule has 0 radical (unpaired) electrons. The van der Waals surface area contributed by atoms with Gasteiger partial charge in [0.15, 0.2) is 17.3 Å². The largest absolute Gasteiger partial charge is 0.490 e. The fourth-order valence-electron chi connectivity index (χ4n) is 2.13. The predicted octanol–water partition coefficient (Wildman–Crippen LogP) is 4.45. The third-order valence-electron chi connectivity index (χ3n) is 3.18. The first-order chi connectivity index (χ1) is 10.1. The Labute approximate surface area is 144 Å². The topological polar surface area (TPSA) is 35.5 Å². The van der Waals surface area contributed by atoms with E-state index in [4.69, 9.17) is 9.47 Å². The van der Waals surface area contributed by atoms with Crippen LogP contribution in [0.1, 0.15) is 22.3 Å². The van der Waals surface area contributed by atoms with Gasteiger partial charge < -0.3 is 9.47 Å². The van der Waals surface area contributed by atoms with Gasteiger partial charge in [-0.25, -0.2) is 0 Å². The molecule has 0 amide bonds. The normalized spacial score (nSPS) is 13.6. The minimum Gasteiger partial charge on any atom is -0.490 e. The van der Waals surface area contributed by atoms with Crippen LogP contribution in [0.4, 0.5) is 0 Å². The Kier molecular flexibility index (Phi) is 4.49. The fraction of sp³-hybridized carbons (Fsp3) is 0.188. The summed E-state index contributed by atoms with van der Waals surface area (Å²) in [5, 5.41) is 0. The zero-order valence-electron chi connectivity index (χ0n) is 11.1. The van der Waals surface area contributed by atoms with Crippen molar-refractivity contribution in [3.63, 3.8) is 0 Å². The fourth-order valence-corrected chi connectivity index (χ4v) is 3.07. The first-order valence-electron chi connectivity index (χ1n) is 6.54. The van der Waals surface area contributed by atoms with Crippen LogP contribution in [0, 0.1) is 3.57 Å². The van der Waals surface area contributed by atoms with E-state index < -0.39 is 0 Å². The minimum absolute atomic E-state index is 0.0173. The maximum absolute atomic E-state index is 12.7. The molecule has 0 bridgehead atoms. The smallest absolute Gasteiger partial charge is 0.194 e. The Morgan fingerprint density at radius 2 is 1.81 bits per heavy atom. The molecule has 21 heavy (non-hydrogen) atoms. The Morgan fingerprint density at radius 1 is 1.05 bits per heavy atom. The van der Waals surface area contributed by atoms with Gasteiger partial charge in [0.2, 0.25) is 0 Å². The number of hydrogen-bond acceptors (Lipinski definition) is 3. The molecule has 1 heterocycles. The SMILES string of the molecule is O=C(c1ccc2c(c1)OCCCO2)c1cc(Br)ccc1I. The van der Waals surface area contributed by atoms with Crippen LogP contribution in [0.25, 0.3) is 0 Å². The van der Waals surface area contributed by atoms with Gasteiger partial charge in [-0.1, -0.05) is 15.9 Å². The van der Waals surface area contributed by atoms with Crippen LogP contribution in [-0.4, -0.2) is 19.0 Å². The summed E-state index contributed by atoms with van der Waals surface area (Å²) in [4.78, 5) is 12.7. The second-order valence-corrected chi connectivity index (χ2v) is 6.74. The standard InChI is InChI=1S/C16H12BrIO3/c17-11-3-4-13(18)12(9-11)16(19)10-2-5-14-15(8-10)21-7-1-6-20-14/h2-5,8-9H,1,6-7H2. The Bertz CT molecular complexity index is 700. The molecule has 1 aliphatic heterocycles. The van der Waals surface area contributed by atoms with Gasteiger partial charge >= 0.3 is 0 Å². The van der Waals surface area contributed by atoms with E-state index in [1.165, 1.54) is 0 Å². The van der Waals surface area contributed by atoms with Gasteiger partial charge in [0, 0.05) is 25.6 Å². The van der Waals surface area contributed by atoms with Crippen molar-refractivity contribution in [3.8, 4) is 11.5 Å². The predicted molar refractivity (Wildman–Crippen MR) is 92.3 cm³/mol. The first-order valence-corrected chi connectivity index (χ1v) is 8.42. The van der Waals surface area contributed by atoms with E-state index in [9.17, 15) is 4.79 Å². The number of fused-ring (bicyclic) bond motifs is 1. The quantitative estimate of drug-likeness (QED) is 0.492. The van der Waals surface area contributed by atoms with Gasteiger partial charge in [-0.2, -0.15) is 0 Å². The Balaban J connectivity index is 1.98. The molecule has 3 nitrogen and oxygen atoms in total. The molecule has 0 atom stereocenters. The lowest BCUT2D eigenvalue weighted by Gasteiger charge is -2.10. The van der Waals surface area contributed by atoms with Crippen LogP contribution in [0.15, 0.2) is 40.9 Å². The molecule has 0 N–H and O–H groups in total. The highest BCUT2D eigenvalue weighted by atomic mass is 127. The van der Waals surface area contributed by atoms with E-state index >= 15 is 0 Å². The van der Waals surface area contributed by atoms with Crippen molar-refractivity contribution in [2.75, 3.05) is 13.2 Å². The van der Waals surface area contributed by atoms with Crippen molar-refractivity contribution < 1.29 is 14.3 Å². The lowest BCUT2D eigenvalue weighted by atomic mass is 10.0. The molecule has 108 valence electrons. The number of halogens is 2. The minimum atomic E-state index is -0.0173. The van der Waals surface area contributed by atoms with E-state index in [2.05, 4.69) is 38.5 Å². The van der Waals surface area contributed by atoms with Crippen LogP contribution in [-0.2, 0) is 0 Å². The maximum atomic E-state index is 12.7. The van der Waals surface area contributed by atoms with Crippen molar-refractivity contribution in [2.24, 2.45) is 0 Å². The lowest BCUT2D eigenvalue weighted by Crippen LogP contribution is -2.04. The molecule has 1 aliphatic rings. The third-order valence-corrected chi connectivity index (χ3v) is 4.62. The van der Waals surface area contributed by atoms with Crippen LogP contribution in [0.2, 0.25) is 0 Å².